The van der Waals surface area contributed by atoms with Gasteiger partial charge in [0.25, 0.3) is 0 Å². The second-order valence-electron chi connectivity index (χ2n) is 16.8. The summed E-state index contributed by atoms with van der Waals surface area (Å²) in [6, 6.07) is -1.00. The number of hydrogen-bond acceptors (Lipinski definition) is 5. The third kappa shape index (κ3) is 38.1. The monoisotopic (exact) mass is 778 g/mol. The van der Waals surface area contributed by atoms with Gasteiger partial charge < -0.3 is 25.7 Å². The molecule has 0 fully saturated rings. The smallest absolute Gasteiger partial charge is 0.249 e. The summed E-state index contributed by atoms with van der Waals surface area (Å²) in [4.78, 5) is 12.5. The maximum atomic E-state index is 12.5. The second kappa shape index (κ2) is 43.9. The van der Waals surface area contributed by atoms with E-state index in [1.807, 2.05) is 0 Å². The van der Waals surface area contributed by atoms with Gasteiger partial charge in [-0.2, -0.15) is 0 Å². The van der Waals surface area contributed by atoms with Crippen molar-refractivity contribution >= 4 is 5.91 Å². The van der Waals surface area contributed by atoms with Crippen molar-refractivity contribution < 1.29 is 25.2 Å². The molecule has 6 heteroatoms. The highest BCUT2D eigenvalue weighted by Gasteiger charge is 2.28. The number of hydrogen-bond donors (Lipinski definition) is 5. The lowest BCUT2D eigenvalue weighted by Crippen LogP contribution is -2.53. The number of nitrogens with one attached hydrogen (secondary N) is 1. The summed E-state index contributed by atoms with van der Waals surface area (Å²) < 4.78 is 0. The third-order valence-corrected chi connectivity index (χ3v) is 11.4. The van der Waals surface area contributed by atoms with Crippen molar-refractivity contribution in [3.63, 3.8) is 0 Å². The number of unbranched alkanes of at least 4 members (excludes halogenated alkanes) is 31. The molecule has 6 nitrogen and oxygen atoms in total. The summed E-state index contributed by atoms with van der Waals surface area (Å²) in [6.07, 6.45) is 50.8. The topological polar surface area (TPSA) is 110 Å². The van der Waals surface area contributed by atoms with E-state index in [1.165, 1.54) is 180 Å². The fourth-order valence-corrected chi connectivity index (χ4v) is 7.54. The first-order valence-corrected chi connectivity index (χ1v) is 24.2. The van der Waals surface area contributed by atoms with E-state index in [2.05, 4.69) is 43.5 Å². The molecule has 0 saturated carbocycles. The maximum absolute atomic E-state index is 12.5. The molecule has 0 radical (unpaired) electrons. The molecule has 5 N–H and O–H groups in total. The van der Waals surface area contributed by atoms with Crippen molar-refractivity contribution in [3.8, 4) is 0 Å². The summed E-state index contributed by atoms with van der Waals surface area (Å²) in [5.74, 6) is -0.594. The number of amides is 1. The highest BCUT2D eigenvalue weighted by molar-refractivity contribution is 5.80. The van der Waals surface area contributed by atoms with Crippen LogP contribution in [0.2, 0.25) is 0 Å². The molecule has 0 aromatic carbocycles. The van der Waals surface area contributed by atoms with Gasteiger partial charge in [0, 0.05) is 0 Å². The Bertz CT molecular complexity index is 832. The Kier molecular flexibility index (Phi) is 42.9. The van der Waals surface area contributed by atoms with Crippen molar-refractivity contribution in [2.24, 2.45) is 0 Å². The molecule has 0 bridgehead atoms. The molecule has 0 saturated heterocycles. The summed E-state index contributed by atoms with van der Waals surface area (Å²) in [5.41, 5.74) is 0. The van der Waals surface area contributed by atoms with Crippen LogP contribution in [0.15, 0.2) is 24.3 Å². The Morgan fingerprint density at radius 2 is 0.764 bits per heavy atom. The lowest BCUT2D eigenvalue weighted by Gasteiger charge is -2.27. The summed E-state index contributed by atoms with van der Waals surface area (Å²) in [6.45, 7) is 4.05. The van der Waals surface area contributed by atoms with Crippen LogP contribution in [0.3, 0.4) is 0 Å². The fraction of sp³-hybridized carbons (Fsp3) is 0.898. The van der Waals surface area contributed by atoms with Crippen LogP contribution in [0.4, 0.5) is 0 Å². The zero-order valence-electron chi connectivity index (χ0n) is 36.7. The molecule has 0 spiro atoms. The van der Waals surface area contributed by atoms with E-state index < -0.39 is 36.9 Å². The van der Waals surface area contributed by atoms with Crippen molar-refractivity contribution in [2.45, 2.75) is 276 Å². The minimum Gasteiger partial charge on any atom is -0.394 e. The molecule has 4 atom stereocenters. The highest BCUT2D eigenvalue weighted by atomic mass is 16.3. The van der Waals surface area contributed by atoms with E-state index in [-0.39, 0.29) is 0 Å². The van der Waals surface area contributed by atoms with Gasteiger partial charge in [0.2, 0.25) is 5.91 Å². The van der Waals surface area contributed by atoms with Gasteiger partial charge in [-0.1, -0.05) is 224 Å². The number of carbonyl (C=O) groups is 1. The summed E-state index contributed by atoms with van der Waals surface area (Å²) in [5, 5.41) is 43.8. The molecule has 0 heterocycles. The van der Waals surface area contributed by atoms with Crippen LogP contribution in [0.5, 0.6) is 0 Å². The SMILES string of the molecule is CCCCCCCCCCCCCCC/C=C/CC/C=C/CCCC(O)C(O)C(CO)NC(=O)C(O)CCCCCCCCCCCCCCCCCCC. The zero-order valence-corrected chi connectivity index (χ0v) is 36.7. The predicted molar refractivity (Wildman–Crippen MR) is 237 cm³/mol. The van der Waals surface area contributed by atoms with Gasteiger partial charge in [-0.15, -0.1) is 0 Å². The lowest BCUT2D eigenvalue weighted by atomic mass is 10.00. The first-order chi connectivity index (χ1) is 27.0. The van der Waals surface area contributed by atoms with Gasteiger partial charge in [0.1, 0.15) is 12.2 Å². The number of aliphatic hydroxyl groups is 4. The van der Waals surface area contributed by atoms with Gasteiger partial charge >= 0.3 is 0 Å². The Balaban J connectivity index is 3.75. The van der Waals surface area contributed by atoms with E-state index in [4.69, 9.17) is 0 Å². The number of carbonyl (C=O) groups excluding carboxylic acids is 1. The predicted octanol–water partition coefficient (Wildman–Crippen LogP) is 13.1. The normalized spacial score (nSPS) is 14.2. The number of rotatable bonds is 44. The van der Waals surface area contributed by atoms with E-state index in [0.717, 1.165) is 38.5 Å². The average Bonchev–Trinajstić information content (AvgIpc) is 3.19. The first kappa shape index (κ1) is 53.8. The average molecular weight is 778 g/mol. The van der Waals surface area contributed by atoms with Crippen LogP contribution in [-0.4, -0.2) is 57.3 Å². The minimum absolute atomic E-state index is 0.364. The molecule has 326 valence electrons. The Labute approximate surface area is 342 Å². The standard InChI is InChI=1S/C49H95NO5/c1-3-5-7-9-11-13-15-17-19-21-22-23-24-25-27-28-30-32-34-36-38-40-42-46(52)48(54)45(44-51)50-49(55)47(53)43-41-39-37-35-33-31-29-26-20-18-16-14-12-10-8-6-4-2/h27-28,34,36,45-48,51-54H,3-26,29-33,35,37-44H2,1-2H3,(H,50,55)/b28-27+,36-34+. The summed E-state index contributed by atoms with van der Waals surface area (Å²) >= 11 is 0. The van der Waals surface area contributed by atoms with Crippen molar-refractivity contribution in [3.05, 3.63) is 24.3 Å². The molecule has 0 aliphatic rings. The van der Waals surface area contributed by atoms with Crippen molar-refractivity contribution in [1.82, 2.24) is 5.32 Å². The van der Waals surface area contributed by atoms with Gasteiger partial charge in [-0.3, -0.25) is 4.79 Å². The quantitative estimate of drug-likeness (QED) is 0.0313. The van der Waals surface area contributed by atoms with Gasteiger partial charge in [0.15, 0.2) is 0 Å². The first-order valence-electron chi connectivity index (χ1n) is 24.2. The molecule has 0 rings (SSSR count). The van der Waals surface area contributed by atoms with Crippen molar-refractivity contribution in [2.75, 3.05) is 6.61 Å². The second-order valence-corrected chi connectivity index (χ2v) is 16.8. The van der Waals surface area contributed by atoms with E-state index in [0.29, 0.717) is 19.3 Å². The molecule has 55 heavy (non-hydrogen) atoms. The van der Waals surface area contributed by atoms with Crippen molar-refractivity contribution in [1.29, 1.82) is 0 Å². The minimum atomic E-state index is -1.29. The van der Waals surface area contributed by atoms with Crippen LogP contribution in [0.25, 0.3) is 0 Å². The molecule has 0 aliphatic carbocycles. The molecular weight excluding hydrogens is 683 g/mol. The molecule has 0 aliphatic heterocycles. The molecule has 0 aromatic rings. The largest absolute Gasteiger partial charge is 0.394 e. The lowest BCUT2D eigenvalue weighted by molar-refractivity contribution is -0.132. The Hall–Kier alpha value is -1.21. The van der Waals surface area contributed by atoms with Gasteiger partial charge in [-0.25, -0.2) is 0 Å². The summed E-state index contributed by atoms with van der Waals surface area (Å²) in [7, 11) is 0. The van der Waals surface area contributed by atoms with E-state index in [9.17, 15) is 25.2 Å². The van der Waals surface area contributed by atoms with Gasteiger partial charge in [0.05, 0.1) is 18.8 Å². The van der Waals surface area contributed by atoms with Crippen LogP contribution in [0, 0.1) is 0 Å². The van der Waals surface area contributed by atoms with Gasteiger partial charge in [-0.05, 0) is 51.4 Å². The van der Waals surface area contributed by atoms with E-state index in [1.54, 1.807) is 0 Å². The van der Waals surface area contributed by atoms with Crippen LogP contribution in [-0.2, 0) is 4.79 Å². The van der Waals surface area contributed by atoms with Crippen LogP contribution in [0.1, 0.15) is 251 Å². The fourth-order valence-electron chi connectivity index (χ4n) is 7.54. The zero-order chi connectivity index (χ0) is 40.3. The highest BCUT2D eigenvalue weighted by Crippen LogP contribution is 2.16. The third-order valence-electron chi connectivity index (χ3n) is 11.4. The van der Waals surface area contributed by atoms with E-state index >= 15 is 0 Å². The molecular formula is C49H95NO5. The molecule has 4 unspecified atom stereocenters. The maximum Gasteiger partial charge on any atom is 0.249 e. The van der Waals surface area contributed by atoms with Crippen LogP contribution < -0.4 is 5.32 Å². The molecule has 1 amide bonds. The number of allylic oxidation sites excluding steroid dienone is 4. The Morgan fingerprint density at radius 3 is 1.15 bits per heavy atom. The van der Waals surface area contributed by atoms with Crippen LogP contribution >= 0.6 is 0 Å². The number of aliphatic hydroxyl groups excluding tert-OH is 4. The Morgan fingerprint density at radius 1 is 0.436 bits per heavy atom. The molecule has 0 aromatic heterocycles.